The first-order chi connectivity index (χ1) is 4.18. The fraction of sp³-hybridized carbons (Fsp3) is 0. The third-order valence-corrected chi connectivity index (χ3v) is 0.600. The summed E-state index contributed by atoms with van der Waals surface area (Å²) < 4.78 is 0. The van der Waals surface area contributed by atoms with Crippen LogP contribution in [-0.2, 0) is 51.2 Å². The fourth-order valence-electron chi connectivity index (χ4n) is 0.343. The predicted octanol–water partition coefficient (Wildman–Crippen LogP) is -1.02. The summed E-state index contributed by atoms with van der Waals surface area (Å²) in [7, 11) is 0. The molecule has 0 aliphatic rings. The summed E-state index contributed by atoms with van der Waals surface area (Å²) in [5, 5.41) is 25.2. The topological polar surface area (TPSA) is 99.4 Å². The van der Waals surface area contributed by atoms with Crippen molar-refractivity contribution in [2.45, 2.75) is 0 Å². The maximum absolute atomic E-state index is 8.41. The molecule has 0 aliphatic heterocycles. The van der Waals surface area contributed by atoms with Gasteiger partial charge in [-0.2, -0.15) is 0 Å². The third kappa shape index (κ3) is 5.60. The molecule has 12 heavy (non-hydrogen) atoms. The zero-order chi connectivity index (χ0) is 6.85. The van der Waals surface area contributed by atoms with E-state index in [9.17, 15) is 0 Å². The molecule has 0 unspecified atom stereocenters. The molecule has 0 fully saturated rings. The maximum Gasteiger partial charge on any atom is 0.323 e. The van der Waals surface area contributed by atoms with Crippen molar-refractivity contribution in [1.29, 1.82) is 0 Å². The van der Waals surface area contributed by atoms with Crippen LogP contribution >= 0.6 is 0 Å². The Morgan fingerprint density at radius 2 is 0.750 bits per heavy atom. The number of hydrogen-bond donors (Lipinski definition) is 3. The standard InChI is InChI=1S/C3H3N3O3.3Cu/c7-1-4-2(8)6-3(9)5-1;;;/h(H3,4,5,6,7,8,9);;;. The van der Waals surface area contributed by atoms with Gasteiger partial charge in [0.25, 0.3) is 0 Å². The molecule has 3 N–H and O–H groups in total. The molecule has 0 saturated carbocycles. The van der Waals surface area contributed by atoms with Crippen LogP contribution in [0.5, 0.6) is 18.0 Å². The molecule has 0 bridgehead atoms. The monoisotopic (exact) mass is 318 g/mol. The molecule has 0 aliphatic carbocycles. The van der Waals surface area contributed by atoms with Crippen LogP contribution in [0.2, 0.25) is 0 Å². The maximum atomic E-state index is 8.41. The van der Waals surface area contributed by atoms with E-state index in [0.29, 0.717) is 0 Å². The Kier molecular flexibility index (Phi) is 11.4. The second-order valence-electron chi connectivity index (χ2n) is 1.24. The van der Waals surface area contributed by atoms with Crippen LogP contribution < -0.4 is 0 Å². The molecule has 0 spiro atoms. The van der Waals surface area contributed by atoms with Crippen molar-refractivity contribution in [1.82, 2.24) is 15.0 Å². The van der Waals surface area contributed by atoms with Gasteiger partial charge in [-0.05, 0) is 0 Å². The first kappa shape index (κ1) is 17.9. The first-order valence-electron chi connectivity index (χ1n) is 2.01. The van der Waals surface area contributed by atoms with E-state index in [1.807, 2.05) is 0 Å². The number of rotatable bonds is 0. The van der Waals surface area contributed by atoms with Gasteiger partial charge in [0.05, 0.1) is 0 Å². The van der Waals surface area contributed by atoms with Gasteiger partial charge in [0, 0.05) is 51.2 Å². The molecule has 1 aromatic rings. The van der Waals surface area contributed by atoms with Crippen molar-refractivity contribution in [2.24, 2.45) is 0 Å². The summed E-state index contributed by atoms with van der Waals surface area (Å²) in [6, 6.07) is -2.12. The molecule has 0 amide bonds. The van der Waals surface area contributed by atoms with Gasteiger partial charge >= 0.3 is 18.0 Å². The zero-order valence-electron chi connectivity index (χ0n) is 5.09. The number of nitrogens with zero attached hydrogens (tertiary/aromatic N) is 3. The van der Waals surface area contributed by atoms with E-state index in [-0.39, 0.29) is 51.2 Å². The molecule has 6 nitrogen and oxygen atoms in total. The molecule has 9 heteroatoms. The minimum absolute atomic E-state index is 0. The average molecular weight is 320 g/mol. The van der Waals surface area contributed by atoms with E-state index in [2.05, 4.69) is 15.0 Å². The summed E-state index contributed by atoms with van der Waals surface area (Å²) in [4.78, 5) is 8.89. The van der Waals surface area contributed by atoms with Gasteiger partial charge < -0.3 is 15.3 Å². The van der Waals surface area contributed by atoms with Gasteiger partial charge in [0.2, 0.25) is 0 Å². The Labute approximate surface area is 99.3 Å². The summed E-state index contributed by atoms with van der Waals surface area (Å²) >= 11 is 0. The number of aromatic nitrogens is 3. The van der Waals surface area contributed by atoms with Gasteiger partial charge in [0.1, 0.15) is 0 Å². The Balaban J connectivity index is -0.000000270. The van der Waals surface area contributed by atoms with Gasteiger partial charge in [-0.1, -0.05) is 0 Å². The second-order valence-corrected chi connectivity index (χ2v) is 1.24. The van der Waals surface area contributed by atoms with E-state index in [1.165, 1.54) is 0 Å². The summed E-state index contributed by atoms with van der Waals surface area (Å²) in [5.74, 6) is 0. The van der Waals surface area contributed by atoms with Crippen molar-refractivity contribution in [2.75, 3.05) is 0 Å². The van der Waals surface area contributed by atoms with Gasteiger partial charge in [-0.3, -0.25) is 0 Å². The first-order valence-corrected chi connectivity index (χ1v) is 2.01. The Bertz CT molecular complexity index is 185. The molecule has 0 atom stereocenters. The normalized spacial score (nSPS) is 7.00. The van der Waals surface area contributed by atoms with Crippen LogP contribution in [-0.4, -0.2) is 30.3 Å². The quantitative estimate of drug-likeness (QED) is 0.529. The molecular formula is C3H3Cu3N3O3. The molecule has 81 valence electrons. The fourth-order valence-corrected chi connectivity index (χ4v) is 0.343. The van der Waals surface area contributed by atoms with E-state index in [0.717, 1.165) is 0 Å². The summed E-state index contributed by atoms with van der Waals surface area (Å²) in [6.45, 7) is 0. The third-order valence-electron chi connectivity index (χ3n) is 0.600. The van der Waals surface area contributed by atoms with Crippen LogP contribution in [0.4, 0.5) is 0 Å². The van der Waals surface area contributed by atoms with Gasteiger partial charge in [-0.25, -0.2) is 0 Å². The Hall–Kier alpha value is -0.0316. The summed E-state index contributed by atoms with van der Waals surface area (Å²) in [6.07, 6.45) is 0. The minimum atomic E-state index is -0.708. The number of aromatic hydroxyl groups is 3. The second kappa shape index (κ2) is 7.61. The molecule has 1 aromatic heterocycles. The van der Waals surface area contributed by atoms with Gasteiger partial charge in [0.15, 0.2) is 0 Å². The van der Waals surface area contributed by atoms with Crippen LogP contribution in [0.3, 0.4) is 0 Å². The molecule has 3 radical (unpaired) electrons. The smallest absolute Gasteiger partial charge is 0.323 e. The van der Waals surface area contributed by atoms with E-state index in [4.69, 9.17) is 15.3 Å². The molecule has 0 saturated heterocycles. The molecule has 1 heterocycles. The SMILES string of the molecule is Oc1nc(O)nc(O)n1.[Cu].[Cu].[Cu]. The van der Waals surface area contributed by atoms with Crippen molar-refractivity contribution in [3.63, 3.8) is 0 Å². The van der Waals surface area contributed by atoms with Crippen molar-refractivity contribution in [3.8, 4) is 18.0 Å². The largest absolute Gasteiger partial charge is 0.479 e. The summed E-state index contributed by atoms with van der Waals surface area (Å²) in [5.41, 5.74) is 0. The molecule has 1 rings (SSSR count). The van der Waals surface area contributed by atoms with Gasteiger partial charge in [-0.15, -0.1) is 15.0 Å². The van der Waals surface area contributed by atoms with Crippen molar-refractivity contribution in [3.05, 3.63) is 0 Å². The zero-order valence-corrected chi connectivity index (χ0v) is 7.91. The van der Waals surface area contributed by atoms with Crippen molar-refractivity contribution < 1.29 is 66.5 Å². The minimum Gasteiger partial charge on any atom is -0.479 e. The van der Waals surface area contributed by atoms with Crippen LogP contribution in [0.25, 0.3) is 0 Å². The van der Waals surface area contributed by atoms with Crippen LogP contribution in [0.15, 0.2) is 0 Å². The van der Waals surface area contributed by atoms with E-state index in [1.54, 1.807) is 0 Å². The van der Waals surface area contributed by atoms with Crippen molar-refractivity contribution >= 4 is 0 Å². The Morgan fingerprint density at radius 1 is 0.583 bits per heavy atom. The van der Waals surface area contributed by atoms with Crippen LogP contribution in [0, 0.1) is 0 Å². The Morgan fingerprint density at radius 3 is 0.917 bits per heavy atom. The predicted molar refractivity (Wildman–Crippen MR) is 24.8 cm³/mol. The van der Waals surface area contributed by atoms with E-state index < -0.39 is 18.0 Å². The average Bonchev–Trinajstić information content (AvgIpc) is 1.59. The molecular weight excluding hydrogens is 317 g/mol. The van der Waals surface area contributed by atoms with Crippen LogP contribution in [0.1, 0.15) is 0 Å². The molecule has 0 aromatic carbocycles. The number of hydrogen-bond acceptors (Lipinski definition) is 6. The van der Waals surface area contributed by atoms with E-state index >= 15 is 0 Å².